The van der Waals surface area contributed by atoms with Gasteiger partial charge in [-0.05, 0) is 35.4 Å². The molecule has 0 radical (unpaired) electrons. The summed E-state index contributed by atoms with van der Waals surface area (Å²) in [5.74, 6) is 1.83. The summed E-state index contributed by atoms with van der Waals surface area (Å²) >= 11 is 0. The Morgan fingerprint density at radius 2 is 1.89 bits per heavy atom. The van der Waals surface area contributed by atoms with Crippen LogP contribution in [0.5, 0.6) is 17.2 Å². The number of rotatable bonds is 7. The van der Waals surface area contributed by atoms with Gasteiger partial charge in [-0.25, -0.2) is 5.43 Å². The second-order valence-electron chi connectivity index (χ2n) is 6.29. The topological polar surface area (TPSA) is 80.9 Å². The van der Waals surface area contributed by atoms with Gasteiger partial charge in [0, 0.05) is 13.1 Å². The summed E-state index contributed by atoms with van der Waals surface area (Å²) in [6.07, 6.45) is 0. The molecule has 2 atom stereocenters. The van der Waals surface area contributed by atoms with Crippen LogP contribution in [-0.4, -0.2) is 33.8 Å². The summed E-state index contributed by atoms with van der Waals surface area (Å²) in [6, 6.07) is 13.2. The van der Waals surface area contributed by atoms with E-state index in [2.05, 4.69) is 16.2 Å². The molecule has 0 bridgehead atoms. The number of hydrogen-bond acceptors (Lipinski definition) is 6. The number of nitrogens with one attached hydrogen (secondary N) is 3. The molecule has 1 amide bonds. The van der Waals surface area contributed by atoms with Crippen LogP contribution in [0.25, 0.3) is 0 Å². The Bertz CT molecular complexity index is 797. The Morgan fingerprint density at radius 3 is 2.63 bits per heavy atom. The Kier molecular flexibility index (Phi) is 6.16. The maximum absolute atomic E-state index is 12.8. The van der Waals surface area contributed by atoms with Gasteiger partial charge in [-0.1, -0.05) is 18.2 Å². The molecule has 0 saturated carbocycles. The average molecular weight is 371 g/mol. The van der Waals surface area contributed by atoms with E-state index in [1.165, 1.54) is 0 Å². The lowest BCUT2D eigenvalue weighted by atomic mass is 9.94. The van der Waals surface area contributed by atoms with Crippen molar-refractivity contribution in [2.24, 2.45) is 5.92 Å². The zero-order chi connectivity index (χ0) is 19.2. The minimum Gasteiger partial charge on any atom is -0.497 e. The molecule has 3 N–H and O–H groups in total. The van der Waals surface area contributed by atoms with Crippen LogP contribution in [0, 0.1) is 5.92 Å². The lowest BCUT2D eigenvalue weighted by Gasteiger charge is -2.19. The van der Waals surface area contributed by atoms with Gasteiger partial charge in [-0.2, -0.15) is 0 Å². The van der Waals surface area contributed by atoms with Crippen LogP contribution >= 0.6 is 0 Å². The molecule has 2 unspecified atom stereocenters. The van der Waals surface area contributed by atoms with E-state index in [-0.39, 0.29) is 17.9 Å². The Hall–Kier alpha value is -2.77. The summed E-state index contributed by atoms with van der Waals surface area (Å²) in [4.78, 5) is 12.8. The summed E-state index contributed by atoms with van der Waals surface area (Å²) in [7, 11) is 4.82. The number of hydrazine groups is 1. The normalized spacial score (nSPS) is 18.8. The van der Waals surface area contributed by atoms with Gasteiger partial charge in [0.25, 0.3) is 0 Å². The van der Waals surface area contributed by atoms with Crippen molar-refractivity contribution in [2.75, 3.05) is 27.9 Å². The van der Waals surface area contributed by atoms with Crippen LogP contribution in [0.15, 0.2) is 42.5 Å². The molecule has 1 saturated heterocycles. The summed E-state index contributed by atoms with van der Waals surface area (Å²) in [6.45, 7) is 0.972. The Balaban J connectivity index is 1.66. The first kappa shape index (κ1) is 19.0. The van der Waals surface area contributed by atoms with Crippen molar-refractivity contribution in [1.29, 1.82) is 0 Å². The van der Waals surface area contributed by atoms with Crippen LogP contribution < -0.4 is 30.4 Å². The summed E-state index contributed by atoms with van der Waals surface area (Å²) < 4.78 is 15.8. The fourth-order valence-corrected chi connectivity index (χ4v) is 3.20. The van der Waals surface area contributed by atoms with Crippen molar-refractivity contribution in [3.8, 4) is 17.2 Å². The molecular formula is C20H25N3O4. The number of benzene rings is 2. The second-order valence-corrected chi connectivity index (χ2v) is 6.29. The Morgan fingerprint density at radius 1 is 1.07 bits per heavy atom. The van der Waals surface area contributed by atoms with E-state index >= 15 is 0 Å². The summed E-state index contributed by atoms with van der Waals surface area (Å²) in [5.41, 5.74) is 8.21. The van der Waals surface area contributed by atoms with Crippen molar-refractivity contribution in [3.05, 3.63) is 53.6 Å². The van der Waals surface area contributed by atoms with E-state index < -0.39 is 0 Å². The highest BCUT2D eigenvalue weighted by Crippen LogP contribution is 2.29. The average Bonchev–Trinajstić information content (AvgIpc) is 3.21. The Labute approximate surface area is 159 Å². The van der Waals surface area contributed by atoms with E-state index in [0.29, 0.717) is 24.6 Å². The SMILES string of the molecule is COc1cccc(C2NNCC2C(=O)NCc2ccc(OC)c(OC)c2)c1. The van der Waals surface area contributed by atoms with E-state index in [4.69, 9.17) is 14.2 Å². The molecule has 3 rings (SSSR count). The molecule has 1 aliphatic heterocycles. The maximum Gasteiger partial charge on any atom is 0.226 e. The second kappa shape index (κ2) is 8.75. The molecule has 144 valence electrons. The number of methoxy groups -OCH3 is 3. The molecular weight excluding hydrogens is 346 g/mol. The number of hydrogen-bond donors (Lipinski definition) is 3. The van der Waals surface area contributed by atoms with Crippen LogP contribution in [-0.2, 0) is 11.3 Å². The third-order valence-electron chi connectivity index (χ3n) is 4.69. The van der Waals surface area contributed by atoms with Gasteiger partial charge in [0.15, 0.2) is 11.5 Å². The van der Waals surface area contributed by atoms with Gasteiger partial charge in [0.05, 0.1) is 33.3 Å². The molecule has 1 heterocycles. The third kappa shape index (κ3) is 4.32. The molecule has 2 aromatic carbocycles. The predicted octanol–water partition coefficient (Wildman–Crippen LogP) is 1.79. The lowest BCUT2D eigenvalue weighted by Crippen LogP contribution is -2.34. The highest BCUT2D eigenvalue weighted by atomic mass is 16.5. The minimum atomic E-state index is -0.225. The highest BCUT2D eigenvalue weighted by molar-refractivity contribution is 5.80. The van der Waals surface area contributed by atoms with Crippen molar-refractivity contribution >= 4 is 5.91 Å². The van der Waals surface area contributed by atoms with E-state index in [1.54, 1.807) is 21.3 Å². The molecule has 1 aliphatic rings. The lowest BCUT2D eigenvalue weighted by molar-refractivity contribution is -0.125. The smallest absolute Gasteiger partial charge is 0.226 e. The van der Waals surface area contributed by atoms with E-state index in [0.717, 1.165) is 16.9 Å². The number of amides is 1. The van der Waals surface area contributed by atoms with E-state index in [1.807, 2.05) is 42.5 Å². The zero-order valence-electron chi connectivity index (χ0n) is 15.7. The first-order chi connectivity index (χ1) is 13.2. The van der Waals surface area contributed by atoms with Gasteiger partial charge in [-0.3, -0.25) is 10.2 Å². The van der Waals surface area contributed by atoms with Gasteiger partial charge >= 0.3 is 0 Å². The zero-order valence-corrected chi connectivity index (χ0v) is 15.7. The fourth-order valence-electron chi connectivity index (χ4n) is 3.20. The number of ether oxygens (including phenoxy) is 3. The van der Waals surface area contributed by atoms with Crippen molar-refractivity contribution in [2.45, 2.75) is 12.6 Å². The fraction of sp³-hybridized carbons (Fsp3) is 0.350. The predicted molar refractivity (Wildman–Crippen MR) is 102 cm³/mol. The van der Waals surface area contributed by atoms with Gasteiger partial charge in [-0.15, -0.1) is 0 Å². The molecule has 27 heavy (non-hydrogen) atoms. The quantitative estimate of drug-likeness (QED) is 0.689. The molecule has 0 aliphatic carbocycles. The number of carbonyl (C=O) groups is 1. The van der Waals surface area contributed by atoms with Crippen LogP contribution in [0.2, 0.25) is 0 Å². The highest BCUT2D eigenvalue weighted by Gasteiger charge is 2.34. The molecule has 0 spiro atoms. The van der Waals surface area contributed by atoms with Gasteiger partial charge in [0.2, 0.25) is 5.91 Å². The number of carbonyl (C=O) groups excluding carboxylic acids is 1. The van der Waals surface area contributed by atoms with Crippen molar-refractivity contribution in [1.82, 2.24) is 16.2 Å². The van der Waals surface area contributed by atoms with Crippen molar-refractivity contribution in [3.63, 3.8) is 0 Å². The van der Waals surface area contributed by atoms with Crippen molar-refractivity contribution < 1.29 is 19.0 Å². The van der Waals surface area contributed by atoms with Gasteiger partial charge in [0.1, 0.15) is 5.75 Å². The van der Waals surface area contributed by atoms with E-state index in [9.17, 15) is 4.79 Å². The molecule has 0 aromatic heterocycles. The minimum absolute atomic E-state index is 0.0184. The third-order valence-corrected chi connectivity index (χ3v) is 4.69. The standard InChI is InChI=1S/C20H25N3O4/c1-25-15-6-4-5-14(10-15)19-16(12-22-23-19)20(24)21-11-13-7-8-17(26-2)18(9-13)27-3/h4-10,16,19,22-23H,11-12H2,1-3H3,(H,21,24). The maximum atomic E-state index is 12.8. The van der Waals surface area contributed by atoms with Crippen LogP contribution in [0.4, 0.5) is 0 Å². The van der Waals surface area contributed by atoms with Gasteiger partial charge < -0.3 is 19.5 Å². The first-order valence-corrected chi connectivity index (χ1v) is 8.77. The largest absolute Gasteiger partial charge is 0.497 e. The molecule has 7 nitrogen and oxygen atoms in total. The molecule has 1 fully saturated rings. The molecule has 7 heteroatoms. The van der Waals surface area contributed by atoms with Crippen LogP contribution in [0.3, 0.4) is 0 Å². The first-order valence-electron chi connectivity index (χ1n) is 8.77. The summed E-state index contributed by atoms with van der Waals surface area (Å²) in [5, 5.41) is 3.01. The monoisotopic (exact) mass is 371 g/mol. The molecule has 2 aromatic rings. The van der Waals surface area contributed by atoms with Crippen LogP contribution in [0.1, 0.15) is 17.2 Å².